The maximum absolute atomic E-state index is 12.9. The van der Waals surface area contributed by atoms with Crippen LogP contribution in [0.25, 0.3) is 16.1 Å². The average molecular weight is 375 g/mol. The molecule has 2 aromatic carbocycles. The average Bonchev–Trinajstić information content (AvgIpc) is 3.39. The van der Waals surface area contributed by atoms with Crippen LogP contribution in [0.1, 0.15) is 10.5 Å². The van der Waals surface area contributed by atoms with Gasteiger partial charge in [0.25, 0.3) is 5.91 Å². The molecule has 2 heterocycles. The molecule has 0 aliphatic carbocycles. The van der Waals surface area contributed by atoms with Gasteiger partial charge >= 0.3 is 0 Å². The van der Waals surface area contributed by atoms with Crippen molar-refractivity contribution in [1.29, 1.82) is 0 Å². The van der Waals surface area contributed by atoms with Crippen LogP contribution in [0.15, 0.2) is 78.3 Å². The zero-order valence-electron chi connectivity index (χ0n) is 14.6. The highest BCUT2D eigenvalue weighted by atomic mass is 32.1. The fraction of sp³-hybridized carbons (Fsp3) is 0.0476. The number of anilines is 1. The number of ether oxygens (including phenoxy) is 1. The number of hydrogen-bond acceptors (Lipinski definition) is 4. The number of amides is 1. The predicted molar refractivity (Wildman–Crippen MR) is 108 cm³/mol. The summed E-state index contributed by atoms with van der Waals surface area (Å²) in [5.74, 6) is 0.107. The lowest BCUT2D eigenvalue weighted by atomic mass is 10.1. The van der Waals surface area contributed by atoms with Crippen LogP contribution in [0.4, 0.5) is 5.69 Å². The monoisotopic (exact) mass is 375 g/mol. The summed E-state index contributed by atoms with van der Waals surface area (Å²) in [6, 6.07) is 21.3. The predicted octanol–water partition coefficient (Wildman–Crippen LogP) is 4.86. The van der Waals surface area contributed by atoms with Gasteiger partial charge in [0, 0.05) is 16.1 Å². The van der Waals surface area contributed by atoms with E-state index in [1.165, 1.54) is 7.11 Å². The van der Waals surface area contributed by atoms with Crippen molar-refractivity contribution in [1.82, 2.24) is 9.78 Å². The van der Waals surface area contributed by atoms with Crippen molar-refractivity contribution in [3.63, 3.8) is 0 Å². The van der Waals surface area contributed by atoms with Crippen molar-refractivity contribution in [2.45, 2.75) is 0 Å². The van der Waals surface area contributed by atoms with Gasteiger partial charge in [-0.2, -0.15) is 5.10 Å². The highest BCUT2D eigenvalue weighted by molar-refractivity contribution is 7.13. The van der Waals surface area contributed by atoms with Crippen molar-refractivity contribution in [3.8, 4) is 21.9 Å². The molecule has 0 saturated heterocycles. The number of nitrogens with zero attached hydrogens (tertiary/aromatic N) is 2. The summed E-state index contributed by atoms with van der Waals surface area (Å²) < 4.78 is 7.00. The molecular formula is C21H17N3O2S. The van der Waals surface area contributed by atoms with Gasteiger partial charge in [-0.25, -0.2) is 4.68 Å². The number of carbonyl (C=O) groups excluding carboxylic acids is 1. The summed E-state index contributed by atoms with van der Waals surface area (Å²) in [6.07, 6.45) is 1.70. The fourth-order valence-electron chi connectivity index (χ4n) is 2.80. The van der Waals surface area contributed by atoms with Crippen LogP contribution in [0.3, 0.4) is 0 Å². The van der Waals surface area contributed by atoms with E-state index in [1.807, 2.05) is 72.1 Å². The second kappa shape index (κ2) is 7.47. The largest absolute Gasteiger partial charge is 0.493 e. The normalized spacial score (nSPS) is 10.6. The van der Waals surface area contributed by atoms with Gasteiger partial charge in [-0.3, -0.25) is 4.79 Å². The number of thiophene rings is 1. The minimum absolute atomic E-state index is 0.238. The van der Waals surface area contributed by atoms with Crippen LogP contribution in [0, 0.1) is 0 Å². The van der Waals surface area contributed by atoms with E-state index in [0.717, 1.165) is 21.8 Å². The quantitative estimate of drug-likeness (QED) is 0.542. The van der Waals surface area contributed by atoms with Gasteiger partial charge in [0.1, 0.15) is 0 Å². The molecule has 0 unspecified atom stereocenters. The van der Waals surface area contributed by atoms with Gasteiger partial charge < -0.3 is 10.1 Å². The lowest BCUT2D eigenvalue weighted by molar-refractivity contribution is 0.101. The lowest BCUT2D eigenvalue weighted by Crippen LogP contribution is -2.14. The summed E-state index contributed by atoms with van der Waals surface area (Å²) >= 11 is 1.63. The molecule has 27 heavy (non-hydrogen) atoms. The molecule has 5 nitrogen and oxygen atoms in total. The van der Waals surface area contributed by atoms with E-state index >= 15 is 0 Å². The third-order valence-corrected chi connectivity index (χ3v) is 5.00. The molecule has 0 saturated carbocycles. The standard InChI is InChI=1S/C21H17N3O2S/c1-26-18-14-24(15-8-3-2-4-9-15)23-20(18)21(25)22-17-11-6-5-10-16(17)19-12-7-13-27-19/h2-14H,1H3,(H,22,25). The van der Waals surface area contributed by atoms with Gasteiger partial charge in [0.15, 0.2) is 11.4 Å². The van der Waals surface area contributed by atoms with Gasteiger partial charge in [0.05, 0.1) is 19.0 Å². The molecule has 1 amide bonds. The Bertz CT molecular complexity index is 1060. The first-order valence-electron chi connectivity index (χ1n) is 8.39. The zero-order chi connectivity index (χ0) is 18.6. The number of aromatic nitrogens is 2. The molecular weight excluding hydrogens is 358 g/mol. The van der Waals surface area contributed by atoms with Crippen molar-refractivity contribution >= 4 is 22.9 Å². The summed E-state index contributed by atoms with van der Waals surface area (Å²) in [5, 5.41) is 9.40. The van der Waals surface area contributed by atoms with E-state index in [9.17, 15) is 4.79 Å². The van der Waals surface area contributed by atoms with E-state index < -0.39 is 0 Å². The molecule has 4 rings (SSSR count). The van der Waals surface area contributed by atoms with Gasteiger partial charge in [-0.15, -0.1) is 11.3 Å². The summed E-state index contributed by atoms with van der Waals surface area (Å²) in [4.78, 5) is 14.0. The summed E-state index contributed by atoms with van der Waals surface area (Å²) in [5.41, 5.74) is 2.81. The maximum Gasteiger partial charge on any atom is 0.280 e. The Balaban J connectivity index is 1.66. The number of carbonyl (C=O) groups is 1. The van der Waals surface area contributed by atoms with E-state index in [1.54, 1.807) is 22.2 Å². The van der Waals surface area contributed by atoms with Gasteiger partial charge in [-0.1, -0.05) is 42.5 Å². The summed E-state index contributed by atoms with van der Waals surface area (Å²) in [6.45, 7) is 0. The maximum atomic E-state index is 12.9. The molecule has 0 aliphatic rings. The molecule has 0 aliphatic heterocycles. The van der Waals surface area contributed by atoms with Crippen molar-refractivity contribution in [2.24, 2.45) is 0 Å². The van der Waals surface area contributed by atoms with Crippen LogP contribution < -0.4 is 10.1 Å². The van der Waals surface area contributed by atoms with Crippen molar-refractivity contribution < 1.29 is 9.53 Å². The molecule has 0 spiro atoms. The number of benzene rings is 2. The zero-order valence-corrected chi connectivity index (χ0v) is 15.4. The van der Waals surface area contributed by atoms with Crippen LogP contribution >= 0.6 is 11.3 Å². The Kier molecular flexibility index (Phi) is 4.72. The van der Waals surface area contributed by atoms with E-state index in [4.69, 9.17) is 4.74 Å². The number of rotatable bonds is 5. The highest BCUT2D eigenvalue weighted by Gasteiger charge is 2.19. The van der Waals surface area contributed by atoms with Crippen LogP contribution in [-0.4, -0.2) is 22.8 Å². The molecule has 6 heteroatoms. The Morgan fingerprint density at radius 1 is 1.04 bits per heavy atom. The molecule has 134 valence electrons. The Morgan fingerprint density at radius 3 is 2.56 bits per heavy atom. The molecule has 0 fully saturated rings. The van der Waals surface area contributed by atoms with Crippen LogP contribution in [-0.2, 0) is 0 Å². The van der Waals surface area contributed by atoms with Crippen LogP contribution in [0.5, 0.6) is 5.75 Å². The topological polar surface area (TPSA) is 56.2 Å². The smallest absolute Gasteiger partial charge is 0.280 e. The lowest BCUT2D eigenvalue weighted by Gasteiger charge is -2.09. The summed E-state index contributed by atoms with van der Waals surface area (Å²) in [7, 11) is 1.53. The second-order valence-corrected chi connectivity index (χ2v) is 6.75. The molecule has 4 aromatic rings. The van der Waals surface area contributed by atoms with Gasteiger partial charge in [0.2, 0.25) is 0 Å². The number of para-hydroxylation sites is 2. The van der Waals surface area contributed by atoms with Crippen molar-refractivity contribution in [2.75, 3.05) is 12.4 Å². The Labute approximate surface area is 160 Å². The molecule has 0 radical (unpaired) electrons. The van der Waals surface area contributed by atoms with Crippen LogP contribution in [0.2, 0.25) is 0 Å². The Morgan fingerprint density at radius 2 is 1.81 bits per heavy atom. The highest BCUT2D eigenvalue weighted by Crippen LogP contribution is 2.32. The van der Waals surface area contributed by atoms with E-state index in [0.29, 0.717) is 5.75 Å². The minimum Gasteiger partial charge on any atom is -0.493 e. The minimum atomic E-state index is -0.314. The van der Waals surface area contributed by atoms with E-state index in [-0.39, 0.29) is 11.6 Å². The van der Waals surface area contributed by atoms with E-state index in [2.05, 4.69) is 10.4 Å². The SMILES string of the molecule is COc1cn(-c2ccccc2)nc1C(=O)Nc1ccccc1-c1cccs1. The first-order chi connectivity index (χ1) is 13.3. The second-order valence-electron chi connectivity index (χ2n) is 5.80. The number of nitrogens with one attached hydrogen (secondary N) is 1. The number of hydrogen-bond donors (Lipinski definition) is 1. The molecule has 2 aromatic heterocycles. The first-order valence-corrected chi connectivity index (χ1v) is 9.27. The molecule has 0 atom stereocenters. The van der Waals surface area contributed by atoms with Gasteiger partial charge in [-0.05, 0) is 29.6 Å². The number of methoxy groups -OCH3 is 1. The molecule has 1 N–H and O–H groups in total. The fourth-order valence-corrected chi connectivity index (χ4v) is 3.56. The Hall–Kier alpha value is -3.38. The molecule has 0 bridgehead atoms. The van der Waals surface area contributed by atoms with Crippen molar-refractivity contribution in [3.05, 3.63) is 84.0 Å². The third-order valence-electron chi connectivity index (χ3n) is 4.10. The first kappa shape index (κ1) is 17.1. The third kappa shape index (κ3) is 3.47.